The SMILES string of the molecule is CCC(OC)[Si]1(C(C)C)O[Si](C(C)C)(C(CC)OC)O[Si](C(C)C)(C(CC)OC)O1. The Labute approximate surface area is 189 Å². The van der Waals surface area contributed by atoms with Gasteiger partial charge in [0.25, 0.3) is 0 Å². The molecule has 180 valence electrons. The van der Waals surface area contributed by atoms with Crippen LogP contribution in [-0.4, -0.2) is 64.2 Å². The minimum absolute atomic E-state index is 0.0682. The van der Waals surface area contributed by atoms with Crippen LogP contribution in [0, 0.1) is 0 Å². The Balaban J connectivity index is 3.94. The molecule has 9 heteroatoms. The number of hydrogen-bond donors (Lipinski definition) is 0. The molecule has 1 saturated heterocycles. The van der Waals surface area contributed by atoms with Crippen LogP contribution in [0.5, 0.6) is 0 Å². The minimum atomic E-state index is -2.86. The Hall–Kier alpha value is 0.411. The van der Waals surface area contributed by atoms with Crippen LogP contribution >= 0.6 is 0 Å². The van der Waals surface area contributed by atoms with Crippen LogP contribution in [0.25, 0.3) is 0 Å². The zero-order chi connectivity index (χ0) is 23.3. The number of methoxy groups -OCH3 is 3. The van der Waals surface area contributed by atoms with Gasteiger partial charge in [-0.2, -0.15) is 0 Å². The quantitative estimate of drug-likeness (QED) is 0.344. The topological polar surface area (TPSA) is 55.4 Å². The van der Waals surface area contributed by atoms with Gasteiger partial charge in [-0.15, -0.1) is 0 Å². The van der Waals surface area contributed by atoms with Gasteiger partial charge in [0.1, 0.15) is 0 Å². The standard InChI is InChI=1S/C21H48O6Si3/c1-13-19(22-10)28(16(4)5)25-29(17(6)7,20(14-2)23-11)27-30(26-28,18(8)9)21(15-3)24-12/h16-21H,13-15H2,1-12H3. The summed E-state index contributed by atoms with van der Waals surface area (Å²) in [4.78, 5) is 0. The fraction of sp³-hybridized carbons (Fsp3) is 1.00. The lowest BCUT2D eigenvalue weighted by Crippen LogP contribution is -2.81. The molecule has 0 radical (unpaired) electrons. The summed E-state index contributed by atoms with van der Waals surface area (Å²) in [5.41, 5.74) is 0.438. The van der Waals surface area contributed by atoms with Crippen molar-refractivity contribution in [2.45, 2.75) is 115 Å². The Morgan fingerprint density at radius 2 is 0.700 bits per heavy atom. The molecule has 1 aliphatic rings. The summed E-state index contributed by atoms with van der Waals surface area (Å²) in [6, 6.07) is 0. The van der Waals surface area contributed by atoms with Crippen LogP contribution in [-0.2, 0) is 26.6 Å². The molecule has 3 atom stereocenters. The molecule has 0 saturated carbocycles. The van der Waals surface area contributed by atoms with Crippen molar-refractivity contribution in [3.63, 3.8) is 0 Å². The first-order chi connectivity index (χ1) is 14.0. The third-order valence-corrected chi connectivity index (χ3v) is 23.8. The highest BCUT2D eigenvalue weighted by molar-refractivity contribution is 6.97. The van der Waals surface area contributed by atoms with E-state index in [9.17, 15) is 0 Å². The third-order valence-electron chi connectivity index (χ3n) is 6.68. The molecule has 0 aromatic rings. The summed E-state index contributed by atoms with van der Waals surface area (Å²) >= 11 is 0. The first-order valence-corrected chi connectivity index (χ1v) is 17.6. The number of hydrogen-bond acceptors (Lipinski definition) is 6. The van der Waals surface area contributed by atoms with E-state index in [1.165, 1.54) is 0 Å². The van der Waals surface area contributed by atoms with Gasteiger partial charge in [0, 0.05) is 21.3 Å². The summed E-state index contributed by atoms with van der Waals surface area (Å²) in [5, 5.41) is 0. The fourth-order valence-corrected chi connectivity index (χ4v) is 26.2. The lowest BCUT2D eigenvalue weighted by Gasteiger charge is -2.60. The molecule has 0 aromatic carbocycles. The van der Waals surface area contributed by atoms with Gasteiger partial charge in [-0.05, 0) is 35.9 Å². The highest BCUT2D eigenvalue weighted by Crippen LogP contribution is 2.50. The van der Waals surface area contributed by atoms with E-state index in [1.54, 1.807) is 21.3 Å². The average molecular weight is 481 g/mol. The molecule has 0 bridgehead atoms. The maximum atomic E-state index is 7.28. The molecule has 0 N–H and O–H groups in total. The van der Waals surface area contributed by atoms with E-state index in [0.717, 1.165) is 19.3 Å². The summed E-state index contributed by atoms with van der Waals surface area (Å²) in [6.07, 6.45) is 2.54. The molecule has 30 heavy (non-hydrogen) atoms. The van der Waals surface area contributed by atoms with Crippen LogP contribution in [0.4, 0.5) is 0 Å². The zero-order valence-electron chi connectivity index (χ0n) is 21.5. The van der Waals surface area contributed by atoms with Crippen molar-refractivity contribution in [2.75, 3.05) is 21.3 Å². The lowest BCUT2D eigenvalue weighted by atomic mass is 10.5. The second-order valence-corrected chi connectivity index (χ2v) is 21.5. The molecule has 0 amide bonds. The lowest BCUT2D eigenvalue weighted by molar-refractivity contribution is 0.0382. The second kappa shape index (κ2) is 11.5. The highest BCUT2D eigenvalue weighted by atomic mass is 28.5. The summed E-state index contributed by atoms with van der Waals surface area (Å²) in [6.45, 7) is 19.8. The normalized spacial score (nSPS) is 33.3. The second-order valence-electron chi connectivity index (χ2n) is 9.33. The van der Waals surface area contributed by atoms with E-state index in [0.29, 0.717) is 0 Å². The third kappa shape index (κ3) is 4.84. The van der Waals surface area contributed by atoms with E-state index in [-0.39, 0.29) is 33.8 Å². The highest BCUT2D eigenvalue weighted by Gasteiger charge is 2.71. The van der Waals surface area contributed by atoms with Crippen molar-refractivity contribution in [1.29, 1.82) is 0 Å². The van der Waals surface area contributed by atoms with E-state index in [4.69, 9.17) is 26.6 Å². The molecule has 0 aromatic heterocycles. The predicted molar refractivity (Wildman–Crippen MR) is 129 cm³/mol. The van der Waals surface area contributed by atoms with E-state index >= 15 is 0 Å². The molecule has 1 fully saturated rings. The van der Waals surface area contributed by atoms with E-state index in [2.05, 4.69) is 62.3 Å². The molecule has 1 rings (SSSR count). The Kier molecular flexibility index (Phi) is 10.9. The van der Waals surface area contributed by atoms with Crippen LogP contribution < -0.4 is 0 Å². The molecular formula is C21H48O6Si3. The maximum Gasteiger partial charge on any atom is 0.353 e. The van der Waals surface area contributed by atoms with Gasteiger partial charge < -0.3 is 26.6 Å². The van der Waals surface area contributed by atoms with E-state index < -0.39 is 25.7 Å². The largest absolute Gasteiger partial charge is 0.412 e. The molecule has 1 heterocycles. The van der Waals surface area contributed by atoms with Crippen LogP contribution in [0.3, 0.4) is 0 Å². The van der Waals surface area contributed by atoms with Gasteiger partial charge in [0.05, 0.1) is 17.2 Å². The Bertz CT molecular complexity index is 428. The van der Waals surface area contributed by atoms with Crippen molar-refractivity contribution in [1.82, 2.24) is 0 Å². The molecule has 3 unspecified atom stereocenters. The maximum absolute atomic E-state index is 7.28. The van der Waals surface area contributed by atoms with Crippen LogP contribution in [0.1, 0.15) is 81.6 Å². The predicted octanol–water partition coefficient (Wildman–Crippen LogP) is 5.50. The Morgan fingerprint density at radius 3 is 0.800 bits per heavy atom. The molecule has 0 aliphatic carbocycles. The molecule has 0 spiro atoms. The minimum Gasteiger partial charge on any atom is -0.412 e. The average Bonchev–Trinajstić information content (AvgIpc) is 2.70. The summed E-state index contributed by atoms with van der Waals surface area (Å²) in [7, 11) is -3.23. The van der Waals surface area contributed by atoms with Gasteiger partial charge in [-0.25, -0.2) is 0 Å². The van der Waals surface area contributed by atoms with Gasteiger partial charge >= 0.3 is 25.7 Å². The van der Waals surface area contributed by atoms with Crippen molar-refractivity contribution in [3.8, 4) is 0 Å². The smallest absolute Gasteiger partial charge is 0.353 e. The Morgan fingerprint density at radius 1 is 0.500 bits per heavy atom. The van der Waals surface area contributed by atoms with Gasteiger partial charge in [0.2, 0.25) is 0 Å². The number of ether oxygens (including phenoxy) is 3. The first-order valence-electron chi connectivity index (χ1n) is 11.7. The first kappa shape index (κ1) is 28.4. The van der Waals surface area contributed by atoms with Crippen molar-refractivity contribution >= 4 is 25.7 Å². The molecular weight excluding hydrogens is 432 g/mol. The summed E-state index contributed by atoms with van der Waals surface area (Å²) in [5.74, 6) is 0. The van der Waals surface area contributed by atoms with E-state index in [1.807, 2.05) is 0 Å². The van der Waals surface area contributed by atoms with Gasteiger partial charge in [-0.3, -0.25) is 0 Å². The van der Waals surface area contributed by atoms with Gasteiger partial charge in [0.15, 0.2) is 0 Å². The van der Waals surface area contributed by atoms with Crippen LogP contribution in [0.2, 0.25) is 16.6 Å². The zero-order valence-corrected chi connectivity index (χ0v) is 24.5. The fourth-order valence-electron chi connectivity index (χ4n) is 4.87. The molecule has 6 nitrogen and oxygen atoms in total. The van der Waals surface area contributed by atoms with Crippen molar-refractivity contribution in [2.24, 2.45) is 0 Å². The van der Waals surface area contributed by atoms with Crippen LogP contribution in [0.15, 0.2) is 0 Å². The van der Waals surface area contributed by atoms with Crippen molar-refractivity contribution < 1.29 is 26.6 Å². The van der Waals surface area contributed by atoms with Gasteiger partial charge in [-0.1, -0.05) is 62.3 Å². The monoisotopic (exact) mass is 480 g/mol. The van der Waals surface area contributed by atoms with Crippen molar-refractivity contribution in [3.05, 3.63) is 0 Å². The molecule has 1 aliphatic heterocycles. The summed E-state index contributed by atoms with van der Waals surface area (Å²) < 4.78 is 40.0. The number of rotatable bonds is 12.